The van der Waals surface area contributed by atoms with Gasteiger partial charge in [-0.2, -0.15) is 0 Å². The molecule has 0 radical (unpaired) electrons. The number of rotatable bonds is 7. The second-order valence-corrected chi connectivity index (χ2v) is 8.75. The van der Waals surface area contributed by atoms with Crippen molar-refractivity contribution in [3.8, 4) is 5.75 Å². The van der Waals surface area contributed by atoms with Crippen LogP contribution in [0, 0.1) is 12.8 Å². The molecule has 1 atom stereocenters. The highest BCUT2D eigenvalue weighted by Crippen LogP contribution is 2.26. The molecule has 8 nitrogen and oxygen atoms in total. The second kappa shape index (κ2) is 8.43. The third-order valence-electron chi connectivity index (χ3n) is 5.18. The molecule has 4 rings (SSSR count). The third-order valence-corrected chi connectivity index (χ3v) is 6.13. The summed E-state index contributed by atoms with van der Waals surface area (Å²) in [4.78, 5) is 32.4. The van der Waals surface area contributed by atoms with E-state index in [1.807, 2.05) is 36.9 Å². The zero-order chi connectivity index (χ0) is 21.3. The average molecular weight is 429 g/mol. The Balaban J connectivity index is 1.33. The van der Waals surface area contributed by atoms with Crippen LogP contribution in [-0.2, 0) is 11.4 Å². The number of carbonyl (C=O) groups is 2. The Kier molecular flexibility index (Phi) is 5.72. The van der Waals surface area contributed by atoms with Gasteiger partial charge in [-0.25, -0.2) is 4.98 Å². The Morgan fingerprint density at radius 3 is 3.00 bits per heavy atom. The Morgan fingerprint density at radius 1 is 1.40 bits per heavy atom. The first-order chi connectivity index (χ1) is 14.4. The molecule has 1 fully saturated rings. The molecule has 0 saturated carbocycles. The van der Waals surface area contributed by atoms with Crippen LogP contribution in [0.15, 0.2) is 28.8 Å². The van der Waals surface area contributed by atoms with Crippen LogP contribution in [0.5, 0.6) is 5.75 Å². The SMILES string of the molecule is CCN1C[C@@H](CN(C)C(=O)c2cc(COc3ccc4sc(C)nc4c3)on2)CC1=O. The standard InChI is InChI=1S/C21H24N4O4S/c1-4-25-11-14(7-20(25)26)10-24(3)21(27)18-9-16(29-23-18)12-28-15-5-6-19-17(8-15)22-13(2)30-19/h5-6,8-9,14H,4,7,10-12H2,1-3H3/t14-/m1/s1. The summed E-state index contributed by atoms with van der Waals surface area (Å²) in [6.07, 6.45) is 0.478. The van der Waals surface area contributed by atoms with E-state index in [9.17, 15) is 9.59 Å². The van der Waals surface area contributed by atoms with Gasteiger partial charge in [-0.3, -0.25) is 9.59 Å². The van der Waals surface area contributed by atoms with E-state index in [1.54, 1.807) is 29.4 Å². The maximum Gasteiger partial charge on any atom is 0.275 e. The van der Waals surface area contributed by atoms with Crippen molar-refractivity contribution in [3.63, 3.8) is 0 Å². The van der Waals surface area contributed by atoms with E-state index < -0.39 is 0 Å². The molecule has 2 amide bonds. The van der Waals surface area contributed by atoms with E-state index in [1.165, 1.54) is 0 Å². The fourth-order valence-corrected chi connectivity index (χ4v) is 4.50. The highest BCUT2D eigenvalue weighted by atomic mass is 32.1. The average Bonchev–Trinajstić information content (AvgIpc) is 3.42. The van der Waals surface area contributed by atoms with Crippen LogP contribution in [0.25, 0.3) is 10.2 Å². The Labute approximate surface area is 178 Å². The molecule has 3 heterocycles. The number of nitrogens with zero attached hydrogens (tertiary/aromatic N) is 4. The number of carbonyl (C=O) groups excluding carboxylic acids is 2. The molecule has 30 heavy (non-hydrogen) atoms. The number of amides is 2. The van der Waals surface area contributed by atoms with Gasteiger partial charge in [-0.05, 0) is 26.0 Å². The topological polar surface area (TPSA) is 88.8 Å². The summed E-state index contributed by atoms with van der Waals surface area (Å²) < 4.78 is 12.2. The Morgan fingerprint density at radius 2 is 2.23 bits per heavy atom. The summed E-state index contributed by atoms with van der Waals surface area (Å²) in [5.41, 5.74) is 1.13. The smallest absolute Gasteiger partial charge is 0.275 e. The van der Waals surface area contributed by atoms with Gasteiger partial charge in [0.05, 0.1) is 15.2 Å². The molecule has 0 aliphatic carbocycles. The van der Waals surface area contributed by atoms with E-state index in [4.69, 9.17) is 9.26 Å². The van der Waals surface area contributed by atoms with Crippen molar-refractivity contribution in [1.29, 1.82) is 0 Å². The summed E-state index contributed by atoms with van der Waals surface area (Å²) in [5, 5.41) is 4.90. The lowest BCUT2D eigenvalue weighted by molar-refractivity contribution is -0.127. The van der Waals surface area contributed by atoms with E-state index >= 15 is 0 Å². The van der Waals surface area contributed by atoms with E-state index in [2.05, 4.69) is 10.1 Å². The highest BCUT2D eigenvalue weighted by Gasteiger charge is 2.30. The maximum atomic E-state index is 12.7. The molecule has 158 valence electrons. The molecule has 1 aliphatic rings. The lowest BCUT2D eigenvalue weighted by atomic mass is 10.1. The highest BCUT2D eigenvalue weighted by molar-refractivity contribution is 7.18. The van der Waals surface area contributed by atoms with Crippen LogP contribution in [0.4, 0.5) is 0 Å². The molecule has 1 aromatic carbocycles. The number of hydrogen-bond donors (Lipinski definition) is 0. The molecule has 0 bridgehead atoms. The van der Waals surface area contributed by atoms with Gasteiger partial charge < -0.3 is 19.1 Å². The van der Waals surface area contributed by atoms with Gasteiger partial charge >= 0.3 is 0 Å². The van der Waals surface area contributed by atoms with E-state index in [0.29, 0.717) is 37.6 Å². The number of fused-ring (bicyclic) bond motifs is 1. The third kappa shape index (κ3) is 4.30. The molecule has 1 aliphatic heterocycles. The zero-order valence-electron chi connectivity index (χ0n) is 17.3. The monoisotopic (exact) mass is 428 g/mol. The first-order valence-corrected chi connectivity index (χ1v) is 10.7. The van der Waals surface area contributed by atoms with Crippen molar-refractivity contribution < 1.29 is 18.8 Å². The minimum Gasteiger partial charge on any atom is -0.485 e. The Hall–Kier alpha value is -2.94. The maximum absolute atomic E-state index is 12.7. The number of aryl methyl sites for hydroxylation is 1. The van der Waals surface area contributed by atoms with Gasteiger partial charge in [0, 0.05) is 51.2 Å². The largest absolute Gasteiger partial charge is 0.485 e. The summed E-state index contributed by atoms with van der Waals surface area (Å²) in [6, 6.07) is 7.35. The van der Waals surface area contributed by atoms with Gasteiger partial charge in [-0.15, -0.1) is 11.3 Å². The molecule has 0 unspecified atom stereocenters. The summed E-state index contributed by atoms with van der Waals surface area (Å²) in [6.45, 7) is 6.00. The predicted molar refractivity (Wildman–Crippen MR) is 113 cm³/mol. The van der Waals surface area contributed by atoms with Crippen molar-refractivity contribution in [3.05, 3.63) is 40.7 Å². The molecular weight excluding hydrogens is 404 g/mol. The fourth-order valence-electron chi connectivity index (χ4n) is 3.70. The van der Waals surface area contributed by atoms with E-state index in [-0.39, 0.29) is 30.0 Å². The number of hydrogen-bond acceptors (Lipinski definition) is 7. The number of aromatic nitrogens is 2. The van der Waals surface area contributed by atoms with Crippen LogP contribution in [0.2, 0.25) is 0 Å². The minimum absolute atomic E-state index is 0.144. The van der Waals surface area contributed by atoms with E-state index in [0.717, 1.165) is 15.2 Å². The molecular formula is C21H24N4O4S. The first-order valence-electron chi connectivity index (χ1n) is 9.91. The normalized spacial score (nSPS) is 16.4. The van der Waals surface area contributed by atoms with Crippen LogP contribution < -0.4 is 4.74 Å². The lowest BCUT2D eigenvalue weighted by Gasteiger charge is -2.20. The number of benzene rings is 1. The fraction of sp³-hybridized carbons (Fsp3) is 0.429. The molecule has 3 aromatic rings. The molecule has 0 N–H and O–H groups in total. The number of ether oxygens (including phenoxy) is 1. The Bertz CT molecular complexity index is 1080. The zero-order valence-corrected chi connectivity index (χ0v) is 18.1. The minimum atomic E-state index is -0.230. The lowest BCUT2D eigenvalue weighted by Crippen LogP contribution is -2.33. The second-order valence-electron chi connectivity index (χ2n) is 7.52. The summed E-state index contributed by atoms with van der Waals surface area (Å²) in [5.74, 6) is 1.21. The molecule has 9 heteroatoms. The van der Waals surface area contributed by atoms with Gasteiger partial charge in [-0.1, -0.05) is 5.16 Å². The number of likely N-dealkylation sites (tertiary alicyclic amines) is 1. The summed E-state index contributed by atoms with van der Waals surface area (Å²) in [7, 11) is 1.72. The van der Waals surface area contributed by atoms with Gasteiger partial charge in [0.25, 0.3) is 5.91 Å². The van der Waals surface area contributed by atoms with Crippen LogP contribution in [0.1, 0.15) is 34.6 Å². The molecule has 0 spiro atoms. The van der Waals surface area contributed by atoms with Gasteiger partial charge in [0.2, 0.25) is 5.91 Å². The number of thiazole rings is 1. The van der Waals surface area contributed by atoms with Crippen molar-refractivity contribution in [2.24, 2.45) is 5.92 Å². The van der Waals surface area contributed by atoms with Gasteiger partial charge in [0.1, 0.15) is 12.4 Å². The quantitative estimate of drug-likeness (QED) is 0.575. The van der Waals surface area contributed by atoms with Gasteiger partial charge in [0.15, 0.2) is 11.5 Å². The van der Waals surface area contributed by atoms with Crippen LogP contribution in [-0.4, -0.2) is 58.4 Å². The van der Waals surface area contributed by atoms with Crippen LogP contribution >= 0.6 is 11.3 Å². The first kappa shape index (κ1) is 20.3. The van der Waals surface area contributed by atoms with Crippen molar-refractivity contribution in [1.82, 2.24) is 19.9 Å². The predicted octanol–water partition coefficient (Wildman–Crippen LogP) is 3.11. The summed E-state index contributed by atoms with van der Waals surface area (Å²) >= 11 is 1.64. The van der Waals surface area contributed by atoms with Crippen molar-refractivity contribution >= 4 is 33.4 Å². The molecule has 1 saturated heterocycles. The molecule has 2 aromatic heterocycles. The van der Waals surface area contributed by atoms with Crippen molar-refractivity contribution in [2.45, 2.75) is 26.9 Å². The van der Waals surface area contributed by atoms with Crippen LogP contribution in [0.3, 0.4) is 0 Å². The van der Waals surface area contributed by atoms with Crippen molar-refractivity contribution in [2.75, 3.05) is 26.7 Å².